The predicted octanol–water partition coefficient (Wildman–Crippen LogP) is 3.90. The van der Waals surface area contributed by atoms with E-state index in [0.29, 0.717) is 21.8 Å². The molecule has 3 rings (SSSR count). The Kier molecular flexibility index (Phi) is 4.63. The van der Waals surface area contributed by atoms with Crippen LogP contribution in [0, 0.1) is 0 Å². The van der Waals surface area contributed by atoms with Gasteiger partial charge in [0.2, 0.25) is 5.91 Å². The Balaban J connectivity index is 2.18. The highest BCUT2D eigenvalue weighted by Gasteiger charge is 2.45. The highest BCUT2D eigenvalue weighted by Crippen LogP contribution is 2.39. The molecule has 0 saturated carbocycles. The van der Waals surface area contributed by atoms with Gasteiger partial charge in [0.25, 0.3) is 0 Å². The Morgan fingerprint density at radius 2 is 2.00 bits per heavy atom. The zero-order valence-corrected chi connectivity index (χ0v) is 14.6. The Morgan fingerprint density at radius 3 is 2.62 bits per heavy atom. The van der Waals surface area contributed by atoms with E-state index in [2.05, 4.69) is 9.98 Å². The number of nitrogens with zero attached hydrogens (tertiary/aromatic N) is 2. The Labute approximate surface area is 154 Å². The number of carbonyl (C=O) groups is 1. The molecular weight excluding hydrogens is 369 g/mol. The molecule has 0 fully saturated rings. The molecule has 122 valence electrons. The summed E-state index contributed by atoms with van der Waals surface area (Å²) in [6, 6.07) is 10.6. The number of carbonyl (C=O) groups excluding carboxylic acids is 1. The van der Waals surface area contributed by atoms with Crippen molar-refractivity contribution < 1.29 is 4.79 Å². The van der Waals surface area contributed by atoms with Gasteiger partial charge < -0.3 is 5.73 Å². The van der Waals surface area contributed by atoms with Crippen molar-refractivity contribution >= 4 is 45.9 Å². The highest BCUT2D eigenvalue weighted by atomic mass is 35.5. The first-order valence-corrected chi connectivity index (χ1v) is 8.22. The first kappa shape index (κ1) is 17.0. The zero-order chi connectivity index (χ0) is 17.3. The smallest absolute Gasteiger partial charge is 0.235 e. The van der Waals surface area contributed by atoms with Gasteiger partial charge in [-0.05, 0) is 35.9 Å². The molecular formula is C17H12Cl3N3O. The van der Waals surface area contributed by atoms with Crippen LogP contribution >= 0.6 is 34.8 Å². The van der Waals surface area contributed by atoms with Gasteiger partial charge in [-0.3, -0.25) is 14.8 Å². The summed E-state index contributed by atoms with van der Waals surface area (Å²) < 4.78 is 0. The van der Waals surface area contributed by atoms with E-state index in [9.17, 15) is 4.79 Å². The lowest BCUT2D eigenvalue weighted by Crippen LogP contribution is -2.47. The summed E-state index contributed by atoms with van der Waals surface area (Å²) in [5.74, 6) is -0.624. The molecule has 1 aromatic carbocycles. The standard InChI is InChI=1S/C17H12Cl3N3O/c18-12-5-4-10(9-11(12)13-3-1-2-8-22-13)17(16(21)24)7-6-14(19)23-15(17)20/h1-9,15H,(H2,21,24). The highest BCUT2D eigenvalue weighted by molar-refractivity contribution is 6.68. The summed E-state index contributed by atoms with van der Waals surface area (Å²) in [6.07, 6.45) is 4.76. The minimum Gasteiger partial charge on any atom is -0.369 e. The normalized spacial score (nSPS) is 23.0. The van der Waals surface area contributed by atoms with Gasteiger partial charge in [0.15, 0.2) is 0 Å². The summed E-state index contributed by atoms with van der Waals surface area (Å²) in [4.78, 5) is 20.6. The van der Waals surface area contributed by atoms with Crippen molar-refractivity contribution in [2.75, 3.05) is 0 Å². The van der Waals surface area contributed by atoms with Crippen molar-refractivity contribution in [3.63, 3.8) is 0 Å². The van der Waals surface area contributed by atoms with Crippen molar-refractivity contribution in [2.45, 2.75) is 10.9 Å². The van der Waals surface area contributed by atoms with Crippen LogP contribution in [-0.4, -0.2) is 21.6 Å². The molecule has 1 aromatic heterocycles. The third-order valence-corrected chi connectivity index (χ3v) is 4.88. The van der Waals surface area contributed by atoms with Gasteiger partial charge in [-0.15, -0.1) is 0 Å². The summed E-state index contributed by atoms with van der Waals surface area (Å²) in [7, 11) is 0. The van der Waals surface area contributed by atoms with E-state index < -0.39 is 16.8 Å². The molecule has 2 N–H and O–H groups in total. The van der Waals surface area contributed by atoms with Crippen LogP contribution in [0.25, 0.3) is 11.3 Å². The number of aliphatic imine (C=N–C) groups is 1. The predicted molar refractivity (Wildman–Crippen MR) is 97.6 cm³/mol. The number of allylic oxidation sites excluding steroid dienone is 1. The monoisotopic (exact) mass is 379 g/mol. The number of pyridine rings is 1. The van der Waals surface area contributed by atoms with E-state index >= 15 is 0 Å². The molecule has 4 nitrogen and oxygen atoms in total. The second kappa shape index (κ2) is 6.55. The molecule has 24 heavy (non-hydrogen) atoms. The van der Waals surface area contributed by atoms with E-state index in [-0.39, 0.29) is 5.17 Å². The fourth-order valence-corrected chi connectivity index (χ4v) is 3.45. The average molecular weight is 381 g/mol. The van der Waals surface area contributed by atoms with Gasteiger partial charge in [-0.1, -0.05) is 53.0 Å². The van der Waals surface area contributed by atoms with E-state index in [4.69, 9.17) is 40.5 Å². The van der Waals surface area contributed by atoms with Gasteiger partial charge in [-0.2, -0.15) is 0 Å². The minimum absolute atomic E-state index is 0.214. The average Bonchev–Trinajstić information content (AvgIpc) is 2.56. The molecule has 0 radical (unpaired) electrons. The summed E-state index contributed by atoms with van der Waals surface area (Å²) in [6.45, 7) is 0. The van der Waals surface area contributed by atoms with Crippen LogP contribution in [0.15, 0.2) is 59.7 Å². The number of rotatable bonds is 3. The van der Waals surface area contributed by atoms with Crippen molar-refractivity contribution in [1.82, 2.24) is 4.98 Å². The molecule has 2 unspecified atom stereocenters. The molecule has 0 bridgehead atoms. The number of nitrogens with two attached hydrogens (primary N) is 1. The Hall–Kier alpha value is -1.88. The van der Waals surface area contributed by atoms with Crippen molar-refractivity contribution in [3.05, 3.63) is 65.3 Å². The maximum atomic E-state index is 12.3. The largest absolute Gasteiger partial charge is 0.369 e. The van der Waals surface area contributed by atoms with E-state index in [0.717, 1.165) is 0 Å². The number of hydrogen-bond acceptors (Lipinski definition) is 3. The lowest BCUT2D eigenvalue weighted by molar-refractivity contribution is -0.122. The number of alkyl halides is 1. The summed E-state index contributed by atoms with van der Waals surface area (Å²) in [5, 5.41) is 0.718. The second-order valence-electron chi connectivity index (χ2n) is 5.26. The maximum absolute atomic E-state index is 12.3. The number of amides is 1. The first-order chi connectivity index (χ1) is 11.4. The van der Waals surface area contributed by atoms with E-state index in [1.165, 1.54) is 6.08 Å². The van der Waals surface area contributed by atoms with E-state index in [1.54, 1.807) is 30.5 Å². The van der Waals surface area contributed by atoms with Gasteiger partial charge >= 0.3 is 0 Å². The number of aromatic nitrogens is 1. The summed E-state index contributed by atoms with van der Waals surface area (Å²) in [5.41, 5.74) is 5.32. The maximum Gasteiger partial charge on any atom is 0.235 e. The van der Waals surface area contributed by atoms with Crippen LogP contribution in [0.2, 0.25) is 5.02 Å². The zero-order valence-electron chi connectivity index (χ0n) is 12.3. The fourth-order valence-electron chi connectivity index (χ4n) is 2.61. The molecule has 2 heterocycles. The molecule has 1 aliphatic rings. The van der Waals surface area contributed by atoms with Gasteiger partial charge in [0.05, 0.1) is 5.69 Å². The van der Waals surface area contributed by atoms with Crippen molar-refractivity contribution in [3.8, 4) is 11.3 Å². The van der Waals surface area contributed by atoms with Crippen molar-refractivity contribution in [1.29, 1.82) is 0 Å². The quantitative estimate of drug-likeness (QED) is 0.648. The molecule has 1 amide bonds. The summed E-state index contributed by atoms with van der Waals surface area (Å²) >= 11 is 18.5. The molecule has 7 heteroatoms. The van der Waals surface area contributed by atoms with Crippen LogP contribution in [-0.2, 0) is 10.2 Å². The lowest BCUT2D eigenvalue weighted by Gasteiger charge is -2.32. The van der Waals surface area contributed by atoms with Crippen LogP contribution in [0.1, 0.15) is 5.56 Å². The number of hydrogen-bond donors (Lipinski definition) is 1. The number of halogens is 3. The Morgan fingerprint density at radius 1 is 1.21 bits per heavy atom. The molecule has 0 aliphatic carbocycles. The molecule has 0 spiro atoms. The van der Waals surface area contributed by atoms with E-state index in [1.807, 2.05) is 18.2 Å². The third kappa shape index (κ3) is 2.81. The molecule has 1 aliphatic heterocycles. The number of benzene rings is 1. The van der Waals surface area contributed by atoms with Gasteiger partial charge in [0, 0.05) is 16.8 Å². The lowest BCUT2D eigenvalue weighted by atomic mass is 9.77. The first-order valence-electron chi connectivity index (χ1n) is 7.03. The molecule has 0 saturated heterocycles. The molecule has 2 atom stereocenters. The van der Waals surface area contributed by atoms with Gasteiger partial charge in [0.1, 0.15) is 16.1 Å². The van der Waals surface area contributed by atoms with Crippen LogP contribution < -0.4 is 5.73 Å². The SMILES string of the molecule is NC(=O)C1(c2ccc(Cl)c(-c3ccccn3)c2)C=CC(Cl)=NC1Cl. The third-order valence-electron chi connectivity index (χ3n) is 3.89. The topological polar surface area (TPSA) is 68.3 Å². The minimum atomic E-state index is -1.31. The number of primary amides is 1. The fraction of sp³-hybridized carbons (Fsp3) is 0.118. The second-order valence-corrected chi connectivity index (χ2v) is 6.47. The van der Waals surface area contributed by atoms with Gasteiger partial charge in [-0.25, -0.2) is 0 Å². The van der Waals surface area contributed by atoms with Crippen LogP contribution in [0.5, 0.6) is 0 Å². The molecule has 2 aromatic rings. The Bertz CT molecular complexity index is 851. The van der Waals surface area contributed by atoms with Crippen LogP contribution in [0.4, 0.5) is 0 Å². The van der Waals surface area contributed by atoms with Crippen molar-refractivity contribution in [2.24, 2.45) is 10.7 Å². The number of dihydropyridines is 1. The van der Waals surface area contributed by atoms with Crippen LogP contribution in [0.3, 0.4) is 0 Å².